The normalized spacial score (nSPS) is 23.4. The van der Waals surface area contributed by atoms with Crippen LogP contribution in [-0.4, -0.2) is 86.0 Å². The minimum Gasteiger partial charge on any atom is -0.463 e. The Hall–Kier alpha value is -3.74. The Morgan fingerprint density at radius 1 is 0.943 bits per heavy atom. The number of hydrogen-bond donors (Lipinski definition) is 2. The summed E-state index contributed by atoms with van der Waals surface area (Å²) >= 11 is 0. The van der Waals surface area contributed by atoms with Gasteiger partial charge in [-0.1, -0.05) is 0 Å². The fourth-order valence-corrected chi connectivity index (χ4v) is 3.45. The van der Waals surface area contributed by atoms with Crippen molar-refractivity contribution in [3.8, 4) is 0 Å². The molecule has 0 unspecified atom stereocenters. The van der Waals surface area contributed by atoms with E-state index in [-0.39, 0.29) is 12.2 Å². The van der Waals surface area contributed by atoms with Crippen LogP contribution in [0.2, 0.25) is 0 Å². The molecule has 0 saturated carbocycles. The van der Waals surface area contributed by atoms with Crippen LogP contribution in [0, 0.1) is 0 Å². The van der Waals surface area contributed by atoms with Crippen LogP contribution in [0.15, 0.2) is 18.3 Å². The van der Waals surface area contributed by atoms with Crippen molar-refractivity contribution in [1.82, 2.24) is 15.6 Å². The Bertz CT molecular complexity index is 951. The number of anilines is 1. The molecule has 1 saturated heterocycles. The summed E-state index contributed by atoms with van der Waals surface area (Å²) in [6.07, 6.45) is -3.54. The zero-order valence-electron chi connectivity index (χ0n) is 20.4. The Labute approximate surface area is 202 Å². The molecule has 2 N–H and O–H groups in total. The quantitative estimate of drug-likeness (QED) is 0.355. The zero-order chi connectivity index (χ0) is 26.3. The van der Waals surface area contributed by atoms with Gasteiger partial charge in [-0.05, 0) is 12.1 Å². The fourth-order valence-electron chi connectivity index (χ4n) is 3.45. The van der Waals surface area contributed by atoms with Crippen LogP contribution < -0.4 is 15.5 Å². The Morgan fingerprint density at radius 3 is 2.06 bits per heavy atom. The Morgan fingerprint density at radius 2 is 1.57 bits per heavy atom. The van der Waals surface area contributed by atoms with Gasteiger partial charge < -0.3 is 34.5 Å². The second kappa shape index (κ2) is 12.1. The van der Waals surface area contributed by atoms with E-state index in [1.54, 1.807) is 31.1 Å². The summed E-state index contributed by atoms with van der Waals surface area (Å²) in [5.74, 6) is -2.57. The number of nitrogens with zero attached hydrogens (tertiary/aromatic N) is 2. The van der Waals surface area contributed by atoms with Gasteiger partial charge in [0.25, 0.3) is 5.91 Å². The number of hydrogen-bond acceptors (Lipinski definition) is 11. The molecule has 13 nitrogen and oxygen atoms in total. The van der Waals surface area contributed by atoms with Crippen LogP contribution in [0.3, 0.4) is 0 Å². The molecule has 1 fully saturated rings. The monoisotopic (exact) mass is 494 g/mol. The molecular formula is C22H30N4O9. The SMILES string of the molecule is CC(=O)N[C@@H]1[C@@H](OC(C)=O)[C@H](OC(C)=O)[C@@H](COC(C)=O)O[C@H]1NC(=O)c1ccc(N(C)C)nc1. The topological polar surface area (TPSA) is 162 Å². The van der Waals surface area contributed by atoms with E-state index in [9.17, 15) is 24.0 Å². The average molecular weight is 495 g/mol. The molecule has 0 bridgehead atoms. The van der Waals surface area contributed by atoms with Crippen molar-refractivity contribution in [3.63, 3.8) is 0 Å². The van der Waals surface area contributed by atoms with Gasteiger partial charge >= 0.3 is 17.9 Å². The molecule has 13 heteroatoms. The van der Waals surface area contributed by atoms with Crippen molar-refractivity contribution in [1.29, 1.82) is 0 Å². The highest BCUT2D eigenvalue weighted by atomic mass is 16.6. The highest BCUT2D eigenvalue weighted by Crippen LogP contribution is 2.26. The van der Waals surface area contributed by atoms with Gasteiger partial charge in [-0.3, -0.25) is 24.0 Å². The van der Waals surface area contributed by atoms with Gasteiger partial charge in [0.05, 0.1) is 5.56 Å². The van der Waals surface area contributed by atoms with Crippen molar-refractivity contribution in [2.75, 3.05) is 25.6 Å². The van der Waals surface area contributed by atoms with Crippen LogP contribution in [0.1, 0.15) is 38.1 Å². The number of ether oxygens (including phenoxy) is 4. The lowest BCUT2D eigenvalue weighted by Crippen LogP contribution is -2.69. The highest BCUT2D eigenvalue weighted by Gasteiger charge is 2.51. The molecule has 35 heavy (non-hydrogen) atoms. The van der Waals surface area contributed by atoms with Gasteiger partial charge in [0, 0.05) is 48.0 Å². The third-order valence-electron chi connectivity index (χ3n) is 4.86. The number of rotatable bonds is 8. The van der Waals surface area contributed by atoms with E-state index >= 15 is 0 Å². The van der Waals surface area contributed by atoms with Crippen molar-refractivity contribution in [2.45, 2.75) is 58.3 Å². The summed E-state index contributed by atoms with van der Waals surface area (Å²) in [7, 11) is 3.60. The number of carbonyl (C=O) groups excluding carboxylic acids is 5. The summed E-state index contributed by atoms with van der Waals surface area (Å²) in [4.78, 5) is 65.9. The van der Waals surface area contributed by atoms with Gasteiger partial charge in [0.15, 0.2) is 18.4 Å². The van der Waals surface area contributed by atoms with Crippen LogP contribution in [0.5, 0.6) is 0 Å². The van der Waals surface area contributed by atoms with Crippen molar-refractivity contribution in [2.24, 2.45) is 0 Å². The van der Waals surface area contributed by atoms with E-state index in [4.69, 9.17) is 18.9 Å². The second-order valence-electron chi connectivity index (χ2n) is 8.05. The Kier molecular flexibility index (Phi) is 9.51. The molecule has 5 atom stereocenters. The van der Waals surface area contributed by atoms with E-state index in [0.717, 1.165) is 13.8 Å². The number of aromatic nitrogens is 1. The number of esters is 3. The minimum absolute atomic E-state index is 0.198. The number of nitrogens with one attached hydrogen (secondary N) is 2. The van der Waals surface area contributed by atoms with E-state index in [2.05, 4.69) is 15.6 Å². The summed E-state index contributed by atoms with van der Waals surface area (Å²) in [6, 6.07) is 2.05. The molecule has 0 radical (unpaired) electrons. The zero-order valence-corrected chi connectivity index (χ0v) is 20.4. The predicted molar refractivity (Wildman–Crippen MR) is 120 cm³/mol. The van der Waals surface area contributed by atoms with Crippen molar-refractivity contribution < 1.29 is 42.9 Å². The first-order valence-corrected chi connectivity index (χ1v) is 10.7. The third kappa shape index (κ3) is 7.91. The molecule has 0 spiro atoms. The lowest BCUT2D eigenvalue weighted by atomic mass is 9.95. The Balaban J connectivity index is 2.41. The first kappa shape index (κ1) is 27.5. The molecule has 0 aromatic carbocycles. The number of pyridine rings is 1. The summed E-state index contributed by atoms with van der Waals surface area (Å²) in [5, 5.41) is 5.21. The van der Waals surface area contributed by atoms with Crippen LogP contribution in [0.4, 0.5) is 5.82 Å². The van der Waals surface area contributed by atoms with E-state index in [0.29, 0.717) is 5.82 Å². The maximum Gasteiger partial charge on any atom is 0.303 e. The van der Waals surface area contributed by atoms with Gasteiger partial charge in [-0.15, -0.1) is 0 Å². The smallest absolute Gasteiger partial charge is 0.303 e. The second-order valence-corrected chi connectivity index (χ2v) is 8.05. The molecule has 1 aliphatic rings. The van der Waals surface area contributed by atoms with Crippen molar-refractivity contribution >= 4 is 35.5 Å². The number of carbonyl (C=O) groups is 5. The summed E-state index contributed by atoms with van der Waals surface area (Å²) in [5.41, 5.74) is 0.198. The number of amides is 2. The van der Waals surface area contributed by atoms with Gasteiger partial charge in [0.1, 0.15) is 24.6 Å². The molecule has 192 valence electrons. The highest BCUT2D eigenvalue weighted by molar-refractivity contribution is 5.94. The maximum absolute atomic E-state index is 13.0. The van der Waals surface area contributed by atoms with E-state index < -0.39 is 60.3 Å². The van der Waals surface area contributed by atoms with Gasteiger partial charge in [0.2, 0.25) is 5.91 Å². The van der Waals surface area contributed by atoms with E-state index in [1.807, 2.05) is 0 Å². The first-order chi connectivity index (χ1) is 16.4. The van der Waals surface area contributed by atoms with Crippen LogP contribution in [0.25, 0.3) is 0 Å². The molecule has 2 heterocycles. The minimum atomic E-state index is -1.27. The van der Waals surface area contributed by atoms with Gasteiger partial charge in [-0.25, -0.2) is 4.98 Å². The molecule has 2 amide bonds. The predicted octanol–water partition coefficient (Wildman–Crippen LogP) is -0.466. The third-order valence-corrected chi connectivity index (χ3v) is 4.86. The largest absolute Gasteiger partial charge is 0.463 e. The molecule has 1 aliphatic heterocycles. The van der Waals surface area contributed by atoms with Gasteiger partial charge in [-0.2, -0.15) is 0 Å². The van der Waals surface area contributed by atoms with E-state index in [1.165, 1.54) is 20.0 Å². The lowest BCUT2D eigenvalue weighted by Gasteiger charge is -2.45. The fraction of sp³-hybridized carbons (Fsp3) is 0.545. The molecule has 0 aliphatic carbocycles. The van der Waals surface area contributed by atoms with Crippen molar-refractivity contribution in [3.05, 3.63) is 23.9 Å². The molecule has 2 rings (SSSR count). The maximum atomic E-state index is 13.0. The first-order valence-electron chi connectivity index (χ1n) is 10.7. The summed E-state index contributed by atoms with van der Waals surface area (Å²) in [6.45, 7) is 4.30. The lowest BCUT2D eigenvalue weighted by molar-refractivity contribution is -0.226. The average Bonchev–Trinajstić information content (AvgIpc) is 2.75. The van der Waals surface area contributed by atoms with Crippen LogP contribution in [-0.2, 0) is 38.1 Å². The molecular weight excluding hydrogens is 464 g/mol. The van der Waals surface area contributed by atoms with Crippen LogP contribution >= 0.6 is 0 Å². The summed E-state index contributed by atoms with van der Waals surface area (Å²) < 4.78 is 21.7. The molecule has 1 aromatic heterocycles. The molecule has 1 aromatic rings. The standard InChI is InChI=1S/C22H30N4O9/c1-11(27)24-18-20(34-14(4)30)19(33-13(3)29)16(10-32-12(2)28)35-22(18)25-21(31)15-7-8-17(23-9-15)26(5)6/h7-9,16,18-20,22H,10H2,1-6H3,(H,24,27)(H,25,31)/t16-,18-,19-,20-,22-/m1/s1.